The first kappa shape index (κ1) is 24.9. The molecule has 0 amide bonds. The highest BCUT2D eigenvalue weighted by atomic mass is 127. The number of rotatable bonds is 7. The summed E-state index contributed by atoms with van der Waals surface area (Å²) in [5.41, 5.74) is 2.26. The van der Waals surface area contributed by atoms with Crippen molar-refractivity contribution in [2.24, 2.45) is 4.99 Å². The Morgan fingerprint density at radius 1 is 1.23 bits per heavy atom. The summed E-state index contributed by atoms with van der Waals surface area (Å²) < 4.78 is 15.0. The number of piperazine rings is 1. The van der Waals surface area contributed by atoms with E-state index in [1.54, 1.807) is 18.4 Å². The largest absolute Gasteiger partial charge is 0.496 e. The molecule has 2 aromatic rings. The molecule has 0 atom stereocenters. The Bertz CT molecular complexity index is 851. The molecule has 9 nitrogen and oxygen atoms in total. The van der Waals surface area contributed by atoms with E-state index in [1.165, 1.54) is 14.2 Å². The summed E-state index contributed by atoms with van der Waals surface area (Å²) in [6, 6.07) is 7.35. The van der Waals surface area contributed by atoms with Gasteiger partial charge in [0.25, 0.3) is 0 Å². The highest BCUT2D eigenvalue weighted by Gasteiger charge is 2.20. The summed E-state index contributed by atoms with van der Waals surface area (Å²) in [7, 11) is 2.89. The van der Waals surface area contributed by atoms with E-state index in [2.05, 4.69) is 27.2 Å². The van der Waals surface area contributed by atoms with Gasteiger partial charge in [-0.05, 0) is 24.6 Å². The molecular weight excluding hydrogens is 513 g/mol. The third kappa shape index (κ3) is 6.82. The van der Waals surface area contributed by atoms with Gasteiger partial charge >= 0.3 is 5.97 Å². The molecule has 0 aliphatic carbocycles. The van der Waals surface area contributed by atoms with Gasteiger partial charge in [-0.1, -0.05) is 11.2 Å². The lowest BCUT2D eigenvalue weighted by molar-refractivity contribution is 0.0597. The average molecular weight is 543 g/mol. The van der Waals surface area contributed by atoms with Crippen LogP contribution in [-0.4, -0.2) is 73.8 Å². The quantitative estimate of drug-likeness (QED) is 0.247. The normalized spacial score (nSPS) is 14.7. The number of carbonyl (C=O) groups is 1. The Balaban J connectivity index is 0.00000341. The summed E-state index contributed by atoms with van der Waals surface area (Å²) in [4.78, 5) is 21.4. The lowest BCUT2D eigenvalue weighted by atomic mass is 10.1. The number of benzene rings is 1. The minimum Gasteiger partial charge on any atom is -0.496 e. The van der Waals surface area contributed by atoms with Gasteiger partial charge in [0, 0.05) is 45.3 Å². The predicted molar refractivity (Wildman–Crippen MR) is 128 cm³/mol. The molecule has 1 aliphatic rings. The molecular formula is C21H30IN5O4. The SMILES string of the molecule is CCNC(=NCc1ccc(OC)c(C(=O)OC)c1)N1CCN(Cc2ccon2)CC1.I. The van der Waals surface area contributed by atoms with Crippen LogP contribution in [0.15, 0.2) is 40.0 Å². The molecule has 3 rings (SSSR count). The van der Waals surface area contributed by atoms with Crippen molar-refractivity contribution in [2.75, 3.05) is 46.9 Å². The van der Waals surface area contributed by atoms with Crippen LogP contribution in [0.3, 0.4) is 0 Å². The van der Waals surface area contributed by atoms with E-state index in [0.717, 1.165) is 56.5 Å². The topological polar surface area (TPSA) is 92.4 Å². The summed E-state index contributed by atoms with van der Waals surface area (Å²) in [6.45, 7) is 7.68. The maximum atomic E-state index is 12.0. The van der Waals surface area contributed by atoms with Crippen molar-refractivity contribution in [2.45, 2.75) is 20.0 Å². The number of hydrogen-bond acceptors (Lipinski definition) is 7. The Morgan fingerprint density at radius 3 is 2.61 bits per heavy atom. The van der Waals surface area contributed by atoms with Crippen molar-refractivity contribution in [3.63, 3.8) is 0 Å². The molecule has 1 N–H and O–H groups in total. The van der Waals surface area contributed by atoms with Crippen molar-refractivity contribution in [3.05, 3.63) is 47.3 Å². The molecule has 2 heterocycles. The first-order chi connectivity index (χ1) is 14.6. The number of hydrogen-bond donors (Lipinski definition) is 1. The van der Waals surface area contributed by atoms with Crippen LogP contribution in [0.1, 0.15) is 28.5 Å². The average Bonchev–Trinajstić information content (AvgIpc) is 3.29. The van der Waals surface area contributed by atoms with Crippen LogP contribution >= 0.6 is 24.0 Å². The lowest BCUT2D eigenvalue weighted by Crippen LogP contribution is -2.52. The molecule has 31 heavy (non-hydrogen) atoms. The molecule has 0 unspecified atom stereocenters. The molecule has 170 valence electrons. The van der Waals surface area contributed by atoms with Crippen LogP contribution in [0.4, 0.5) is 0 Å². The van der Waals surface area contributed by atoms with E-state index < -0.39 is 5.97 Å². The Hall–Kier alpha value is -2.34. The minimum absolute atomic E-state index is 0. The van der Waals surface area contributed by atoms with Crippen LogP contribution in [-0.2, 0) is 17.8 Å². The van der Waals surface area contributed by atoms with E-state index >= 15 is 0 Å². The standard InChI is InChI=1S/C21H29N5O4.HI/c1-4-22-21(26-10-8-25(9-11-26)15-17-7-12-30-24-17)23-14-16-5-6-19(28-2)18(13-16)20(27)29-3;/h5-7,12-13H,4,8-11,14-15H2,1-3H3,(H,22,23);1H. The minimum atomic E-state index is -0.423. The third-order valence-electron chi connectivity index (χ3n) is 4.96. The Labute approximate surface area is 199 Å². The van der Waals surface area contributed by atoms with Gasteiger partial charge in [0.2, 0.25) is 0 Å². The number of guanidine groups is 1. The van der Waals surface area contributed by atoms with E-state index in [9.17, 15) is 4.79 Å². The Morgan fingerprint density at radius 2 is 2.00 bits per heavy atom. The first-order valence-electron chi connectivity index (χ1n) is 10.0. The van der Waals surface area contributed by atoms with Crippen LogP contribution in [0.25, 0.3) is 0 Å². The number of halogens is 1. The van der Waals surface area contributed by atoms with Gasteiger partial charge in [0.1, 0.15) is 17.6 Å². The van der Waals surface area contributed by atoms with Gasteiger partial charge in [-0.25, -0.2) is 9.79 Å². The number of aliphatic imine (C=N–C) groups is 1. The molecule has 10 heteroatoms. The van der Waals surface area contributed by atoms with E-state index in [4.69, 9.17) is 19.0 Å². The molecule has 0 radical (unpaired) electrons. The number of carbonyl (C=O) groups excluding carboxylic acids is 1. The number of esters is 1. The van der Waals surface area contributed by atoms with Crippen molar-refractivity contribution in [1.82, 2.24) is 20.3 Å². The molecule has 1 fully saturated rings. The third-order valence-corrected chi connectivity index (χ3v) is 4.96. The molecule has 1 saturated heterocycles. The number of methoxy groups -OCH3 is 2. The van der Waals surface area contributed by atoms with E-state index in [-0.39, 0.29) is 24.0 Å². The molecule has 1 aliphatic heterocycles. The van der Waals surface area contributed by atoms with Crippen molar-refractivity contribution in [3.8, 4) is 5.75 Å². The molecule has 0 saturated carbocycles. The number of aromatic nitrogens is 1. The summed E-state index contributed by atoms with van der Waals surface area (Å²) in [6.07, 6.45) is 1.60. The highest BCUT2D eigenvalue weighted by Crippen LogP contribution is 2.21. The zero-order valence-corrected chi connectivity index (χ0v) is 20.5. The fourth-order valence-electron chi connectivity index (χ4n) is 3.38. The van der Waals surface area contributed by atoms with Gasteiger partial charge in [-0.2, -0.15) is 0 Å². The van der Waals surface area contributed by atoms with Crippen LogP contribution < -0.4 is 10.1 Å². The molecule has 1 aromatic heterocycles. The van der Waals surface area contributed by atoms with Gasteiger partial charge in [-0.3, -0.25) is 4.90 Å². The van der Waals surface area contributed by atoms with Gasteiger partial charge in [-0.15, -0.1) is 24.0 Å². The number of nitrogens with one attached hydrogen (secondary N) is 1. The van der Waals surface area contributed by atoms with Crippen molar-refractivity contribution >= 4 is 35.9 Å². The maximum Gasteiger partial charge on any atom is 0.341 e. The predicted octanol–water partition coefficient (Wildman–Crippen LogP) is 2.37. The zero-order chi connectivity index (χ0) is 21.3. The second kappa shape index (κ2) is 12.5. The number of nitrogens with zero attached hydrogens (tertiary/aromatic N) is 4. The Kier molecular flexibility index (Phi) is 10.0. The van der Waals surface area contributed by atoms with Crippen molar-refractivity contribution < 1.29 is 18.8 Å². The first-order valence-corrected chi connectivity index (χ1v) is 10.0. The van der Waals surface area contributed by atoms with Gasteiger partial charge in [0.15, 0.2) is 5.96 Å². The second-order valence-corrected chi connectivity index (χ2v) is 6.95. The van der Waals surface area contributed by atoms with E-state index in [1.807, 2.05) is 12.1 Å². The summed E-state index contributed by atoms with van der Waals surface area (Å²) in [5, 5.41) is 7.35. The summed E-state index contributed by atoms with van der Waals surface area (Å²) in [5.74, 6) is 0.937. The summed E-state index contributed by atoms with van der Waals surface area (Å²) >= 11 is 0. The van der Waals surface area contributed by atoms with Crippen LogP contribution in [0.5, 0.6) is 5.75 Å². The molecule has 0 bridgehead atoms. The van der Waals surface area contributed by atoms with Gasteiger partial charge in [0.05, 0.1) is 26.5 Å². The monoisotopic (exact) mass is 543 g/mol. The van der Waals surface area contributed by atoms with Crippen LogP contribution in [0, 0.1) is 0 Å². The smallest absolute Gasteiger partial charge is 0.341 e. The highest BCUT2D eigenvalue weighted by molar-refractivity contribution is 14.0. The fourth-order valence-corrected chi connectivity index (χ4v) is 3.38. The van der Waals surface area contributed by atoms with Gasteiger partial charge < -0.3 is 24.2 Å². The lowest BCUT2D eigenvalue weighted by Gasteiger charge is -2.36. The number of ether oxygens (including phenoxy) is 2. The maximum absolute atomic E-state index is 12.0. The molecule has 0 spiro atoms. The van der Waals surface area contributed by atoms with Crippen LogP contribution in [0.2, 0.25) is 0 Å². The molecule has 1 aromatic carbocycles. The fraction of sp³-hybridized carbons (Fsp3) is 0.476. The zero-order valence-electron chi connectivity index (χ0n) is 18.2. The van der Waals surface area contributed by atoms with E-state index in [0.29, 0.717) is 17.9 Å². The second-order valence-electron chi connectivity index (χ2n) is 6.95. The van der Waals surface area contributed by atoms with Crippen molar-refractivity contribution in [1.29, 1.82) is 0 Å².